The maximum Gasteiger partial charge on any atom is 0.0555 e. The minimum atomic E-state index is 0.398. The van der Waals surface area contributed by atoms with Gasteiger partial charge in [0, 0.05) is 31.0 Å². The van der Waals surface area contributed by atoms with E-state index in [0.29, 0.717) is 6.54 Å². The van der Waals surface area contributed by atoms with E-state index in [0.717, 1.165) is 18.7 Å². The summed E-state index contributed by atoms with van der Waals surface area (Å²) in [6, 6.07) is 12.4. The maximum atomic E-state index is 5.36. The summed E-state index contributed by atoms with van der Waals surface area (Å²) in [5.74, 6) is 5.89. The third-order valence-electron chi connectivity index (χ3n) is 2.92. The lowest BCUT2D eigenvalue weighted by Gasteiger charge is -2.16. The molecule has 20 heavy (non-hydrogen) atoms. The summed E-state index contributed by atoms with van der Waals surface area (Å²) in [5.41, 5.74) is 8.86. The van der Waals surface area contributed by atoms with Crippen molar-refractivity contribution in [3.8, 4) is 11.8 Å². The zero-order valence-corrected chi connectivity index (χ0v) is 11.7. The average molecular weight is 265 g/mol. The van der Waals surface area contributed by atoms with Gasteiger partial charge >= 0.3 is 0 Å². The normalized spacial score (nSPS) is 10.2. The monoisotopic (exact) mass is 265 g/mol. The molecule has 0 saturated heterocycles. The number of hydrogen-bond acceptors (Lipinski definition) is 3. The van der Waals surface area contributed by atoms with Crippen molar-refractivity contribution in [3.05, 3.63) is 65.5 Å². The number of pyridine rings is 1. The zero-order chi connectivity index (χ0) is 14.2. The summed E-state index contributed by atoms with van der Waals surface area (Å²) >= 11 is 0. The maximum absolute atomic E-state index is 5.36. The molecule has 1 heterocycles. The quantitative estimate of drug-likeness (QED) is 0.860. The molecule has 0 atom stereocenters. The van der Waals surface area contributed by atoms with Crippen molar-refractivity contribution in [1.29, 1.82) is 0 Å². The van der Waals surface area contributed by atoms with Crippen LogP contribution in [0.3, 0.4) is 0 Å². The van der Waals surface area contributed by atoms with Gasteiger partial charge in [0.05, 0.1) is 6.54 Å². The molecule has 1 aromatic heterocycles. The summed E-state index contributed by atoms with van der Waals surface area (Å²) in [5, 5.41) is 0. The molecule has 0 aliphatic heterocycles. The molecular formula is C17H19N3. The Balaban J connectivity index is 1.92. The zero-order valence-electron chi connectivity index (χ0n) is 11.7. The van der Waals surface area contributed by atoms with Gasteiger partial charge in [-0.2, -0.15) is 0 Å². The van der Waals surface area contributed by atoms with Crippen LogP contribution in [0.1, 0.15) is 16.7 Å². The van der Waals surface area contributed by atoms with E-state index in [1.165, 1.54) is 11.1 Å². The lowest BCUT2D eigenvalue weighted by molar-refractivity contribution is 0.318. The van der Waals surface area contributed by atoms with Gasteiger partial charge in [-0.1, -0.05) is 30.0 Å². The number of aromatic nitrogens is 1. The van der Waals surface area contributed by atoms with Gasteiger partial charge in [0.25, 0.3) is 0 Å². The molecule has 3 nitrogen and oxygen atoms in total. The smallest absolute Gasteiger partial charge is 0.0555 e. The fourth-order valence-electron chi connectivity index (χ4n) is 2.02. The molecule has 0 aliphatic carbocycles. The highest BCUT2D eigenvalue weighted by atomic mass is 15.1. The van der Waals surface area contributed by atoms with Crippen LogP contribution in [0.15, 0.2) is 48.8 Å². The highest BCUT2D eigenvalue weighted by Gasteiger charge is 2.01. The molecule has 0 amide bonds. The van der Waals surface area contributed by atoms with E-state index >= 15 is 0 Å². The first-order chi connectivity index (χ1) is 9.78. The molecule has 0 aliphatic rings. The second kappa shape index (κ2) is 7.44. The lowest BCUT2D eigenvalue weighted by atomic mass is 10.1. The van der Waals surface area contributed by atoms with Crippen LogP contribution < -0.4 is 5.73 Å². The summed E-state index contributed by atoms with van der Waals surface area (Å²) in [6.45, 7) is 2.19. The van der Waals surface area contributed by atoms with Crippen molar-refractivity contribution >= 4 is 0 Å². The Hall–Kier alpha value is -2.15. The molecular weight excluding hydrogens is 246 g/mol. The number of nitrogens with two attached hydrogens (primary N) is 1. The molecule has 102 valence electrons. The summed E-state index contributed by atoms with van der Waals surface area (Å²) in [4.78, 5) is 6.39. The van der Waals surface area contributed by atoms with Gasteiger partial charge < -0.3 is 5.73 Å². The summed E-state index contributed by atoms with van der Waals surface area (Å²) in [6.07, 6.45) is 3.70. The second-order valence-corrected chi connectivity index (χ2v) is 4.74. The van der Waals surface area contributed by atoms with Crippen molar-refractivity contribution in [1.82, 2.24) is 9.88 Å². The van der Waals surface area contributed by atoms with Gasteiger partial charge in [0.15, 0.2) is 0 Å². The Morgan fingerprint density at radius 3 is 2.50 bits per heavy atom. The molecule has 0 spiro atoms. The third kappa shape index (κ3) is 4.51. The van der Waals surface area contributed by atoms with Crippen LogP contribution >= 0.6 is 0 Å². The lowest BCUT2D eigenvalue weighted by Crippen LogP contribution is -2.17. The number of rotatable bonds is 4. The predicted molar refractivity (Wildman–Crippen MR) is 81.8 cm³/mol. The molecule has 0 saturated carbocycles. The molecule has 0 fully saturated rings. The van der Waals surface area contributed by atoms with E-state index in [9.17, 15) is 0 Å². The molecule has 0 unspecified atom stereocenters. The molecule has 3 heteroatoms. The van der Waals surface area contributed by atoms with Crippen LogP contribution in [0.5, 0.6) is 0 Å². The summed E-state index contributed by atoms with van der Waals surface area (Å²) in [7, 11) is 2.11. The Morgan fingerprint density at radius 2 is 1.85 bits per heavy atom. The first-order valence-electron chi connectivity index (χ1n) is 6.63. The van der Waals surface area contributed by atoms with E-state index in [2.05, 4.69) is 47.0 Å². The summed E-state index contributed by atoms with van der Waals surface area (Å²) < 4.78 is 0. The van der Waals surface area contributed by atoms with Gasteiger partial charge in [0.1, 0.15) is 0 Å². The van der Waals surface area contributed by atoms with Crippen molar-refractivity contribution in [2.45, 2.75) is 13.1 Å². The van der Waals surface area contributed by atoms with Gasteiger partial charge in [0.2, 0.25) is 0 Å². The van der Waals surface area contributed by atoms with Gasteiger partial charge in [-0.05, 0) is 36.4 Å². The van der Waals surface area contributed by atoms with Crippen LogP contribution in [0.2, 0.25) is 0 Å². The third-order valence-corrected chi connectivity index (χ3v) is 2.92. The first-order valence-corrected chi connectivity index (χ1v) is 6.63. The predicted octanol–water partition coefficient (Wildman–Crippen LogP) is 2.02. The minimum absolute atomic E-state index is 0.398. The van der Waals surface area contributed by atoms with Crippen molar-refractivity contribution in [2.24, 2.45) is 5.73 Å². The standard InChI is InChI=1S/C17H19N3/c1-20(14-17-5-3-11-19-12-17)13-16-8-6-15(7-9-16)4-2-10-18/h3,5-9,11-12H,10,13-14,18H2,1H3. The number of hydrogen-bond donors (Lipinski definition) is 1. The number of benzene rings is 1. The van der Waals surface area contributed by atoms with Crippen LogP contribution in [-0.2, 0) is 13.1 Å². The largest absolute Gasteiger partial charge is 0.320 e. The Bertz CT molecular complexity index is 579. The first kappa shape index (κ1) is 14.3. The van der Waals surface area contributed by atoms with Gasteiger partial charge in [-0.25, -0.2) is 0 Å². The average Bonchev–Trinajstić information content (AvgIpc) is 2.47. The van der Waals surface area contributed by atoms with Crippen LogP contribution in [0.25, 0.3) is 0 Å². The highest BCUT2D eigenvalue weighted by molar-refractivity contribution is 5.36. The fraction of sp³-hybridized carbons (Fsp3) is 0.235. The molecule has 0 bridgehead atoms. The fourth-order valence-corrected chi connectivity index (χ4v) is 2.02. The van der Waals surface area contributed by atoms with Crippen molar-refractivity contribution in [3.63, 3.8) is 0 Å². The van der Waals surface area contributed by atoms with Crippen molar-refractivity contribution in [2.75, 3.05) is 13.6 Å². The van der Waals surface area contributed by atoms with E-state index < -0.39 is 0 Å². The van der Waals surface area contributed by atoms with E-state index in [1.807, 2.05) is 24.4 Å². The molecule has 2 aromatic rings. The highest BCUT2D eigenvalue weighted by Crippen LogP contribution is 2.08. The van der Waals surface area contributed by atoms with Crippen molar-refractivity contribution < 1.29 is 0 Å². The van der Waals surface area contributed by atoms with Crippen LogP contribution in [0.4, 0.5) is 0 Å². The second-order valence-electron chi connectivity index (χ2n) is 4.74. The van der Waals surface area contributed by atoms with Gasteiger partial charge in [-0.15, -0.1) is 0 Å². The van der Waals surface area contributed by atoms with Gasteiger partial charge in [-0.3, -0.25) is 9.88 Å². The Kier molecular flexibility index (Phi) is 5.31. The SMILES string of the molecule is CN(Cc1ccc(C#CCN)cc1)Cc1cccnc1. The Morgan fingerprint density at radius 1 is 1.10 bits per heavy atom. The topological polar surface area (TPSA) is 42.1 Å². The van der Waals surface area contributed by atoms with E-state index in [-0.39, 0.29) is 0 Å². The molecule has 2 rings (SSSR count). The Labute approximate surface area is 120 Å². The molecule has 1 aromatic carbocycles. The van der Waals surface area contributed by atoms with Crippen LogP contribution in [0, 0.1) is 11.8 Å². The number of nitrogens with zero attached hydrogens (tertiary/aromatic N) is 2. The minimum Gasteiger partial charge on any atom is -0.320 e. The van der Waals surface area contributed by atoms with E-state index in [4.69, 9.17) is 5.73 Å². The van der Waals surface area contributed by atoms with E-state index in [1.54, 1.807) is 6.20 Å². The molecule has 2 N–H and O–H groups in total. The van der Waals surface area contributed by atoms with Crippen LogP contribution in [-0.4, -0.2) is 23.5 Å². The molecule has 0 radical (unpaired) electrons.